The Bertz CT molecular complexity index is 1390. The number of nitrogens with zero attached hydrogens (tertiary/aromatic N) is 4. The standard InChI is InChI=1S/C20H16BrN5O3S/c1-25-14-5-3-4-12(16(14)18(28)26(2)20(25)29)10-15(27)22-19-24-23-17(30-19)11-6-8-13(21)9-7-11/h3-9H,10H2,1-2H3,(H,22,24,27). The SMILES string of the molecule is Cn1c(=O)c2c(CC(=O)Nc3nnc(-c4ccc(Br)cc4)s3)cccc2n(C)c1=O. The molecule has 0 saturated heterocycles. The number of aryl methyl sites for hydroxylation is 1. The first kappa shape index (κ1) is 20.2. The third-order valence-electron chi connectivity index (χ3n) is 4.70. The topological polar surface area (TPSA) is 98.9 Å². The minimum Gasteiger partial charge on any atom is -0.300 e. The highest BCUT2D eigenvalue weighted by atomic mass is 79.9. The average Bonchev–Trinajstić information content (AvgIpc) is 3.19. The minimum absolute atomic E-state index is 0.0298. The molecular weight excluding hydrogens is 470 g/mol. The fourth-order valence-electron chi connectivity index (χ4n) is 3.16. The summed E-state index contributed by atoms with van der Waals surface area (Å²) in [6, 6.07) is 12.8. The molecular formula is C20H16BrN5O3S. The van der Waals surface area contributed by atoms with Gasteiger partial charge in [0.05, 0.1) is 17.3 Å². The third-order valence-corrected chi connectivity index (χ3v) is 6.11. The lowest BCUT2D eigenvalue weighted by atomic mass is 10.1. The fraction of sp³-hybridized carbons (Fsp3) is 0.150. The van der Waals surface area contributed by atoms with Crippen LogP contribution in [-0.2, 0) is 25.3 Å². The lowest BCUT2D eigenvalue weighted by molar-refractivity contribution is -0.115. The first-order valence-corrected chi connectivity index (χ1v) is 10.5. The molecule has 152 valence electrons. The maximum absolute atomic E-state index is 12.6. The Morgan fingerprint density at radius 2 is 1.80 bits per heavy atom. The van der Waals surface area contributed by atoms with E-state index in [9.17, 15) is 14.4 Å². The summed E-state index contributed by atoms with van der Waals surface area (Å²) in [5.74, 6) is -0.322. The van der Waals surface area contributed by atoms with Crippen molar-refractivity contribution in [2.45, 2.75) is 6.42 Å². The number of benzene rings is 2. The third kappa shape index (κ3) is 3.71. The highest BCUT2D eigenvalue weighted by molar-refractivity contribution is 9.10. The van der Waals surface area contributed by atoms with Crippen molar-refractivity contribution in [2.24, 2.45) is 14.1 Å². The molecule has 0 unspecified atom stereocenters. The van der Waals surface area contributed by atoms with Gasteiger partial charge in [-0.1, -0.05) is 51.5 Å². The van der Waals surface area contributed by atoms with Gasteiger partial charge in [0.25, 0.3) is 5.56 Å². The molecule has 4 aromatic rings. The molecule has 0 atom stereocenters. The average molecular weight is 486 g/mol. The number of rotatable bonds is 4. The van der Waals surface area contributed by atoms with Gasteiger partial charge in [0.2, 0.25) is 11.0 Å². The number of hydrogen-bond acceptors (Lipinski definition) is 6. The van der Waals surface area contributed by atoms with Crippen molar-refractivity contribution in [1.29, 1.82) is 0 Å². The smallest absolute Gasteiger partial charge is 0.300 e. The molecule has 0 aliphatic rings. The molecule has 0 spiro atoms. The van der Waals surface area contributed by atoms with Crippen molar-refractivity contribution < 1.29 is 4.79 Å². The summed E-state index contributed by atoms with van der Waals surface area (Å²) in [5.41, 5.74) is 1.09. The number of carbonyl (C=O) groups is 1. The lowest BCUT2D eigenvalue weighted by Crippen LogP contribution is -2.37. The van der Waals surface area contributed by atoms with E-state index in [0.29, 0.717) is 26.6 Å². The Hall–Kier alpha value is -3.11. The van der Waals surface area contributed by atoms with E-state index in [2.05, 4.69) is 31.4 Å². The van der Waals surface area contributed by atoms with Gasteiger partial charge in [-0.2, -0.15) is 0 Å². The second-order valence-corrected chi connectivity index (χ2v) is 8.55. The lowest BCUT2D eigenvalue weighted by Gasteiger charge is -2.10. The molecule has 0 aliphatic heterocycles. The highest BCUT2D eigenvalue weighted by Gasteiger charge is 2.16. The van der Waals surface area contributed by atoms with Gasteiger partial charge in [0.1, 0.15) is 5.01 Å². The van der Waals surface area contributed by atoms with Crippen molar-refractivity contribution in [3.8, 4) is 10.6 Å². The summed E-state index contributed by atoms with van der Waals surface area (Å²) in [4.78, 5) is 37.4. The van der Waals surface area contributed by atoms with Gasteiger partial charge < -0.3 is 5.32 Å². The van der Waals surface area contributed by atoms with E-state index in [1.807, 2.05) is 24.3 Å². The van der Waals surface area contributed by atoms with Gasteiger partial charge in [-0.25, -0.2) is 4.79 Å². The Morgan fingerprint density at radius 3 is 2.53 bits per heavy atom. The maximum atomic E-state index is 12.6. The molecule has 4 rings (SSSR count). The van der Waals surface area contributed by atoms with Crippen molar-refractivity contribution in [3.63, 3.8) is 0 Å². The summed E-state index contributed by atoms with van der Waals surface area (Å²) in [6.07, 6.45) is -0.0298. The largest absolute Gasteiger partial charge is 0.330 e. The zero-order chi connectivity index (χ0) is 21.4. The number of nitrogens with one attached hydrogen (secondary N) is 1. The highest BCUT2D eigenvalue weighted by Crippen LogP contribution is 2.27. The normalized spacial score (nSPS) is 11.0. The van der Waals surface area contributed by atoms with Crippen LogP contribution in [0.3, 0.4) is 0 Å². The van der Waals surface area contributed by atoms with Crippen LogP contribution in [0.1, 0.15) is 5.56 Å². The van der Waals surface area contributed by atoms with Gasteiger partial charge in [0.15, 0.2) is 0 Å². The summed E-state index contributed by atoms with van der Waals surface area (Å²) in [6.45, 7) is 0. The zero-order valence-electron chi connectivity index (χ0n) is 16.0. The number of anilines is 1. The quantitative estimate of drug-likeness (QED) is 0.479. The summed E-state index contributed by atoms with van der Waals surface area (Å²) in [5, 5.41) is 12.3. The molecule has 0 bridgehead atoms. The van der Waals surface area contributed by atoms with Crippen LogP contribution in [0.25, 0.3) is 21.5 Å². The van der Waals surface area contributed by atoms with Crippen LogP contribution in [0.4, 0.5) is 5.13 Å². The Labute approximate surface area is 182 Å². The van der Waals surface area contributed by atoms with E-state index >= 15 is 0 Å². The van der Waals surface area contributed by atoms with Crippen molar-refractivity contribution in [1.82, 2.24) is 19.3 Å². The summed E-state index contributed by atoms with van der Waals surface area (Å²) in [7, 11) is 3.02. The Kier molecular flexibility index (Phi) is 5.35. The van der Waals surface area contributed by atoms with Gasteiger partial charge in [-0.05, 0) is 23.8 Å². The monoisotopic (exact) mass is 485 g/mol. The number of amides is 1. The molecule has 1 amide bonds. The van der Waals surface area contributed by atoms with Gasteiger partial charge in [-0.3, -0.25) is 18.7 Å². The van der Waals surface area contributed by atoms with Crippen LogP contribution in [0.15, 0.2) is 56.5 Å². The molecule has 2 heterocycles. The Morgan fingerprint density at radius 1 is 1.07 bits per heavy atom. The molecule has 30 heavy (non-hydrogen) atoms. The zero-order valence-corrected chi connectivity index (χ0v) is 18.5. The van der Waals surface area contributed by atoms with Crippen LogP contribution < -0.4 is 16.6 Å². The van der Waals surface area contributed by atoms with Crippen molar-refractivity contribution in [2.75, 3.05) is 5.32 Å². The molecule has 1 N–H and O–H groups in total. The van der Waals surface area contributed by atoms with E-state index in [1.165, 1.54) is 23.0 Å². The van der Waals surface area contributed by atoms with Crippen LogP contribution in [0, 0.1) is 0 Å². The fourth-order valence-corrected chi connectivity index (χ4v) is 4.19. The molecule has 0 aliphatic carbocycles. The van der Waals surface area contributed by atoms with E-state index in [0.717, 1.165) is 14.6 Å². The van der Waals surface area contributed by atoms with E-state index in [-0.39, 0.29) is 12.3 Å². The molecule has 8 nitrogen and oxygen atoms in total. The summed E-state index contributed by atoms with van der Waals surface area (Å²) < 4.78 is 3.40. The molecule has 0 fully saturated rings. The van der Waals surface area contributed by atoms with Crippen LogP contribution in [-0.4, -0.2) is 25.2 Å². The number of halogens is 1. The Balaban J connectivity index is 1.60. The number of aromatic nitrogens is 4. The predicted octanol–water partition coefficient (Wildman–Crippen LogP) is 2.70. The van der Waals surface area contributed by atoms with E-state index in [1.54, 1.807) is 25.2 Å². The molecule has 10 heteroatoms. The van der Waals surface area contributed by atoms with E-state index in [4.69, 9.17) is 0 Å². The maximum Gasteiger partial charge on any atom is 0.330 e. The van der Waals surface area contributed by atoms with Gasteiger partial charge in [-0.15, -0.1) is 10.2 Å². The molecule has 0 radical (unpaired) electrons. The number of hydrogen-bond donors (Lipinski definition) is 1. The van der Waals surface area contributed by atoms with Crippen LogP contribution in [0.2, 0.25) is 0 Å². The van der Waals surface area contributed by atoms with Crippen LogP contribution >= 0.6 is 27.3 Å². The second-order valence-electron chi connectivity index (χ2n) is 6.66. The predicted molar refractivity (Wildman–Crippen MR) is 120 cm³/mol. The number of fused-ring (bicyclic) bond motifs is 1. The van der Waals surface area contributed by atoms with Gasteiger partial charge in [0, 0.05) is 24.1 Å². The second kappa shape index (κ2) is 7.96. The summed E-state index contributed by atoms with van der Waals surface area (Å²) >= 11 is 4.65. The van der Waals surface area contributed by atoms with E-state index < -0.39 is 11.2 Å². The molecule has 2 aromatic carbocycles. The first-order chi connectivity index (χ1) is 14.3. The van der Waals surface area contributed by atoms with Crippen LogP contribution in [0.5, 0.6) is 0 Å². The van der Waals surface area contributed by atoms with Crippen molar-refractivity contribution in [3.05, 3.63) is 73.3 Å². The number of carbonyl (C=O) groups excluding carboxylic acids is 1. The van der Waals surface area contributed by atoms with Crippen molar-refractivity contribution >= 4 is 49.2 Å². The first-order valence-electron chi connectivity index (χ1n) is 8.92. The minimum atomic E-state index is -0.426. The molecule has 2 aromatic heterocycles. The molecule has 0 saturated carbocycles. The van der Waals surface area contributed by atoms with Gasteiger partial charge >= 0.3 is 5.69 Å².